The highest BCUT2D eigenvalue weighted by molar-refractivity contribution is 5.91. The first-order valence-electron chi connectivity index (χ1n) is 9.99. The average Bonchev–Trinajstić information content (AvgIpc) is 3.09. The predicted molar refractivity (Wildman–Crippen MR) is 112 cm³/mol. The van der Waals surface area contributed by atoms with Gasteiger partial charge in [0.05, 0.1) is 5.92 Å². The normalized spacial score (nSPS) is 16.8. The van der Waals surface area contributed by atoms with Gasteiger partial charge < -0.3 is 9.64 Å². The zero-order valence-electron chi connectivity index (χ0n) is 17.5. The monoisotopic (exact) mass is 409 g/mol. The lowest BCUT2D eigenvalue weighted by molar-refractivity contribution is -0.134. The molecule has 2 unspecified atom stereocenters. The van der Waals surface area contributed by atoms with Crippen LogP contribution in [0.4, 0.5) is 0 Å². The van der Waals surface area contributed by atoms with E-state index in [-0.39, 0.29) is 18.2 Å². The molecule has 1 saturated heterocycles. The molecule has 158 valence electrons. The Morgan fingerprint density at radius 1 is 1.07 bits per heavy atom. The van der Waals surface area contributed by atoms with Crippen molar-refractivity contribution in [3.8, 4) is 5.75 Å². The van der Waals surface area contributed by atoms with Crippen LogP contribution < -0.4 is 15.6 Å². The third kappa shape index (κ3) is 5.17. The molecule has 2 atom stereocenters. The molecule has 0 saturated carbocycles. The van der Waals surface area contributed by atoms with Gasteiger partial charge in [-0.1, -0.05) is 48.5 Å². The SMILES string of the molecule is Cc1cccc(C)c1OC(C)C(=O)NNC(=O)C1CC(=O)N(Cc2ccccc2)C1. The topological polar surface area (TPSA) is 87.7 Å². The fourth-order valence-corrected chi connectivity index (χ4v) is 3.45. The lowest BCUT2D eigenvalue weighted by atomic mass is 10.1. The third-order valence-corrected chi connectivity index (χ3v) is 5.18. The van der Waals surface area contributed by atoms with Crippen LogP contribution in [0.1, 0.15) is 30.0 Å². The second-order valence-corrected chi connectivity index (χ2v) is 7.62. The predicted octanol–water partition coefficient (Wildman–Crippen LogP) is 2.27. The summed E-state index contributed by atoms with van der Waals surface area (Å²) in [6.07, 6.45) is -0.659. The fraction of sp³-hybridized carbons (Fsp3) is 0.348. The average molecular weight is 409 g/mol. The molecular weight excluding hydrogens is 382 g/mol. The maximum atomic E-state index is 12.4. The number of hydrogen-bond donors (Lipinski definition) is 2. The van der Waals surface area contributed by atoms with Gasteiger partial charge in [0.2, 0.25) is 11.8 Å². The molecule has 2 aromatic carbocycles. The van der Waals surface area contributed by atoms with E-state index in [0.29, 0.717) is 18.8 Å². The molecule has 7 nitrogen and oxygen atoms in total. The smallest absolute Gasteiger partial charge is 0.279 e. The van der Waals surface area contributed by atoms with E-state index in [1.54, 1.807) is 11.8 Å². The van der Waals surface area contributed by atoms with Gasteiger partial charge in [0.25, 0.3) is 5.91 Å². The summed E-state index contributed by atoms with van der Waals surface area (Å²) in [4.78, 5) is 38.7. The standard InChI is InChI=1S/C23H27N3O4/c1-15-8-7-9-16(2)21(15)30-17(3)22(28)24-25-23(29)19-12-20(27)26(14-19)13-18-10-5-4-6-11-18/h4-11,17,19H,12-14H2,1-3H3,(H,24,28)(H,25,29). The molecule has 0 aliphatic carbocycles. The Kier molecular flexibility index (Phi) is 6.72. The van der Waals surface area contributed by atoms with Crippen molar-refractivity contribution in [2.24, 2.45) is 5.92 Å². The largest absolute Gasteiger partial charge is 0.480 e. The van der Waals surface area contributed by atoms with Gasteiger partial charge in [-0.3, -0.25) is 25.2 Å². The second kappa shape index (κ2) is 9.43. The van der Waals surface area contributed by atoms with Crippen LogP contribution in [-0.4, -0.2) is 35.3 Å². The summed E-state index contributed by atoms with van der Waals surface area (Å²) in [7, 11) is 0. The van der Waals surface area contributed by atoms with Crippen molar-refractivity contribution in [3.05, 3.63) is 65.2 Å². The second-order valence-electron chi connectivity index (χ2n) is 7.62. The fourth-order valence-electron chi connectivity index (χ4n) is 3.45. The number of benzene rings is 2. The minimum Gasteiger partial charge on any atom is -0.480 e. The van der Waals surface area contributed by atoms with Gasteiger partial charge in [0.1, 0.15) is 5.75 Å². The number of hydrogen-bond acceptors (Lipinski definition) is 4. The Morgan fingerprint density at radius 2 is 1.73 bits per heavy atom. The number of amides is 3. The number of nitrogens with one attached hydrogen (secondary N) is 2. The summed E-state index contributed by atoms with van der Waals surface area (Å²) >= 11 is 0. The van der Waals surface area contributed by atoms with Crippen molar-refractivity contribution >= 4 is 17.7 Å². The molecule has 0 spiro atoms. The van der Waals surface area contributed by atoms with Gasteiger partial charge in [-0.2, -0.15) is 0 Å². The molecule has 2 N–H and O–H groups in total. The van der Waals surface area contributed by atoms with Crippen molar-refractivity contribution in [2.45, 2.75) is 39.8 Å². The first kappa shape index (κ1) is 21.4. The molecule has 1 heterocycles. The van der Waals surface area contributed by atoms with Crippen LogP contribution in [-0.2, 0) is 20.9 Å². The number of carbonyl (C=O) groups excluding carboxylic acids is 3. The Balaban J connectivity index is 1.49. The van der Waals surface area contributed by atoms with Crippen LogP contribution in [0, 0.1) is 19.8 Å². The number of ether oxygens (including phenoxy) is 1. The van der Waals surface area contributed by atoms with Crippen LogP contribution in [0.3, 0.4) is 0 Å². The van der Waals surface area contributed by atoms with E-state index >= 15 is 0 Å². The van der Waals surface area contributed by atoms with Crippen molar-refractivity contribution in [3.63, 3.8) is 0 Å². The van der Waals surface area contributed by atoms with E-state index in [1.807, 2.05) is 62.4 Å². The van der Waals surface area contributed by atoms with Crippen LogP contribution in [0.15, 0.2) is 48.5 Å². The maximum Gasteiger partial charge on any atom is 0.279 e. The number of para-hydroxylation sites is 1. The number of nitrogens with zero attached hydrogens (tertiary/aromatic N) is 1. The van der Waals surface area contributed by atoms with Crippen molar-refractivity contribution in [1.82, 2.24) is 15.8 Å². The van der Waals surface area contributed by atoms with Crippen molar-refractivity contribution in [2.75, 3.05) is 6.54 Å². The van der Waals surface area contributed by atoms with Crippen LogP contribution in [0.5, 0.6) is 5.75 Å². The first-order chi connectivity index (χ1) is 14.3. The summed E-state index contributed by atoms with van der Waals surface area (Å²) in [5.74, 6) is -0.763. The summed E-state index contributed by atoms with van der Waals surface area (Å²) < 4.78 is 5.77. The number of likely N-dealkylation sites (tertiary alicyclic amines) is 1. The molecule has 0 radical (unpaired) electrons. The molecule has 7 heteroatoms. The van der Waals surface area contributed by atoms with E-state index in [1.165, 1.54) is 0 Å². The highest BCUT2D eigenvalue weighted by Gasteiger charge is 2.34. The molecule has 1 aliphatic rings. The summed E-state index contributed by atoms with van der Waals surface area (Å²) in [6.45, 7) is 6.23. The molecule has 0 bridgehead atoms. The Labute approximate surface area is 176 Å². The van der Waals surface area contributed by atoms with Crippen LogP contribution in [0.2, 0.25) is 0 Å². The minimum atomic E-state index is -0.787. The molecule has 3 amide bonds. The Morgan fingerprint density at radius 3 is 2.40 bits per heavy atom. The number of rotatable bonds is 6. The van der Waals surface area contributed by atoms with Gasteiger partial charge in [-0.25, -0.2) is 0 Å². The van der Waals surface area contributed by atoms with E-state index in [9.17, 15) is 14.4 Å². The highest BCUT2D eigenvalue weighted by atomic mass is 16.5. The molecular formula is C23H27N3O4. The quantitative estimate of drug-likeness (QED) is 0.717. The molecule has 30 heavy (non-hydrogen) atoms. The number of carbonyl (C=O) groups is 3. The van der Waals surface area contributed by atoms with Crippen molar-refractivity contribution < 1.29 is 19.1 Å². The van der Waals surface area contributed by atoms with Crippen molar-refractivity contribution in [1.29, 1.82) is 0 Å². The van der Waals surface area contributed by atoms with Gasteiger partial charge in [-0.05, 0) is 37.5 Å². The summed E-state index contributed by atoms with van der Waals surface area (Å²) in [5.41, 5.74) is 7.71. The third-order valence-electron chi connectivity index (χ3n) is 5.18. The molecule has 0 aromatic heterocycles. The van der Waals surface area contributed by atoms with Gasteiger partial charge in [-0.15, -0.1) is 0 Å². The van der Waals surface area contributed by atoms with Gasteiger partial charge in [0.15, 0.2) is 6.10 Å². The van der Waals surface area contributed by atoms with Crippen LogP contribution in [0.25, 0.3) is 0 Å². The van der Waals surface area contributed by atoms with Gasteiger partial charge in [0, 0.05) is 19.5 Å². The zero-order valence-corrected chi connectivity index (χ0v) is 17.5. The summed E-state index contributed by atoms with van der Waals surface area (Å²) in [6, 6.07) is 15.4. The molecule has 1 fully saturated rings. The molecule has 3 rings (SSSR count). The van der Waals surface area contributed by atoms with E-state index in [2.05, 4.69) is 10.9 Å². The van der Waals surface area contributed by atoms with Gasteiger partial charge >= 0.3 is 0 Å². The Hall–Kier alpha value is -3.35. The summed E-state index contributed by atoms with van der Waals surface area (Å²) in [5, 5.41) is 0. The van der Waals surface area contributed by atoms with E-state index < -0.39 is 17.9 Å². The maximum absolute atomic E-state index is 12.4. The minimum absolute atomic E-state index is 0.0722. The Bertz CT molecular complexity index is 909. The van der Waals surface area contributed by atoms with Crippen LogP contribution >= 0.6 is 0 Å². The lowest BCUT2D eigenvalue weighted by Gasteiger charge is -2.19. The first-order valence-corrected chi connectivity index (χ1v) is 9.99. The zero-order chi connectivity index (χ0) is 21.7. The molecule has 2 aromatic rings. The van der Waals surface area contributed by atoms with E-state index in [4.69, 9.17) is 4.74 Å². The lowest BCUT2D eigenvalue weighted by Crippen LogP contribution is -2.49. The number of aryl methyl sites for hydroxylation is 2. The number of hydrazine groups is 1. The molecule has 1 aliphatic heterocycles. The highest BCUT2D eigenvalue weighted by Crippen LogP contribution is 2.23. The van der Waals surface area contributed by atoms with E-state index in [0.717, 1.165) is 16.7 Å².